The first kappa shape index (κ1) is 17.1. The Kier molecular flexibility index (Phi) is 6.28. The average molecular weight is 333 g/mol. The number of anilines is 2. The molecule has 0 radical (unpaired) electrons. The molecule has 0 aliphatic heterocycles. The van der Waals surface area contributed by atoms with E-state index in [-0.39, 0.29) is 30.9 Å². The molecular formula is C16H19N3O3S. The Morgan fingerprint density at radius 1 is 1.22 bits per heavy atom. The smallest absolute Gasteiger partial charge is 0.265 e. The van der Waals surface area contributed by atoms with Crippen molar-refractivity contribution in [3.05, 3.63) is 46.7 Å². The number of benzene rings is 1. The van der Waals surface area contributed by atoms with Crippen LogP contribution >= 0.6 is 11.3 Å². The molecule has 1 atom stereocenters. The zero-order chi connectivity index (χ0) is 16.7. The number of amides is 2. The van der Waals surface area contributed by atoms with E-state index in [1.165, 1.54) is 18.4 Å². The van der Waals surface area contributed by atoms with Gasteiger partial charge in [0.1, 0.15) is 0 Å². The average Bonchev–Trinajstić information content (AvgIpc) is 3.07. The maximum Gasteiger partial charge on any atom is 0.265 e. The molecule has 2 aromatic rings. The molecule has 0 spiro atoms. The molecule has 0 bridgehead atoms. The van der Waals surface area contributed by atoms with Crippen LogP contribution in [0, 0.1) is 0 Å². The predicted molar refractivity (Wildman–Crippen MR) is 91.8 cm³/mol. The van der Waals surface area contributed by atoms with Crippen molar-refractivity contribution in [2.45, 2.75) is 12.5 Å². The molecule has 6 nitrogen and oxygen atoms in total. The summed E-state index contributed by atoms with van der Waals surface area (Å²) in [5.41, 5.74) is 6.72. The van der Waals surface area contributed by atoms with Crippen molar-refractivity contribution < 1.29 is 14.3 Å². The topological polar surface area (TPSA) is 93.4 Å². The van der Waals surface area contributed by atoms with Gasteiger partial charge >= 0.3 is 0 Å². The summed E-state index contributed by atoms with van der Waals surface area (Å²) in [5.74, 6) is -0.366. The van der Waals surface area contributed by atoms with Crippen LogP contribution in [0.5, 0.6) is 0 Å². The van der Waals surface area contributed by atoms with Crippen molar-refractivity contribution in [3.63, 3.8) is 0 Å². The molecule has 23 heavy (non-hydrogen) atoms. The summed E-state index contributed by atoms with van der Waals surface area (Å²) >= 11 is 1.37. The lowest BCUT2D eigenvalue weighted by atomic mass is 10.2. The fourth-order valence-electron chi connectivity index (χ4n) is 1.96. The number of carbonyl (C=O) groups is 2. The van der Waals surface area contributed by atoms with Gasteiger partial charge in [-0.05, 0) is 29.6 Å². The third-order valence-corrected chi connectivity index (χ3v) is 4.03. The molecule has 1 aromatic carbocycles. The molecule has 0 aliphatic rings. The number of hydrogen-bond acceptors (Lipinski definition) is 5. The number of nitrogens with one attached hydrogen (secondary N) is 2. The molecule has 0 fully saturated rings. The van der Waals surface area contributed by atoms with Crippen molar-refractivity contribution >= 4 is 34.5 Å². The fraction of sp³-hybridized carbons (Fsp3) is 0.250. The maximum absolute atomic E-state index is 12.0. The minimum atomic E-state index is -0.309. The van der Waals surface area contributed by atoms with Gasteiger partial charge in [-0.3, -0.25) is 9.59 Å². The standard InChI is InChI=1S/C16H19N3O3S/c1-22-13(10-17)9-15(20)18-11-4-2-5-12(8-11)19-16(21)14-6-3-7-23-14/h2-8,13H,9-10,17H2,1H3,(H,18,20)(H,19,21). The third kappa shape index (κ3) is 5.17. The number of carbonyl (C=O) groups excluding carboxylic acids is 2. The highest BCUT2D eigenvalue weighted by molar-refractivity contribution is 7.12. The second-order valence-electron chi connectivity index (χ2n) is 4.86. The van der Waals surface area contributed by atoms with Crippen LogP contribution in [0.15, 0.2) is 41.8 Å². The summed E-state index contributed by atoms with van der Waals surface area (Å²) in [6.45, 7) is 0.279. The van der Waals surface area contributed by atoms with Crippen molar-refractivity contribution in [2.24, 2.45) is 5.73 Å². The minimum Gasteiger partial charge on any atom is -0.380 e. The highest BCUT2D eigenvalue weighted by Gasteiger charge is 2.12. The zero-order valence-electron chi connectivity index (χ0n) is 12.7. The number of thiophene rings is 1. The van der Waals surface area contributed by atoms with Crippen molar-refractivity contribution in [1.29, 1.82) is 0 Å². The first-order valence-electron chi connectivity index (χ1n) is 7.10. The van der Waals surface area contributed by atoms with E-state index in [4.69, 9.17) is 10.5 Å². The molecule has 2 rings (SSSR count). The molecule has 1 heterocycles. The highest BCUT2D eigenvalue weighted by atomic mass is 32.1. The second kappa shape index (κ2) is 8.42. The van der Waals surface area contributed by atoms with Gasteiger partial charge in [0, 0.05) is 25.0 Å². The Balaban J connectivity index is 1.97. The van der Waals surface area contributed by atoms with Crippen LogP contribution in [0.25, 0.3) is 0 Å². The number of ether oxygens (including phenoxy) is 1. The van der Waals surface area contributed by atoms with Gasteiger partial charge in [0.25, 0.3) is 5.91 Å². The van der Waals surface area contributed by atoms with Crippen LogP contribution < -0.4 is 16.4 Å². The Hall–Kier alpha value is -2.22. The van der Waals surface area contributed by atoms with Crippen LogP contribution in [0.2, 0.25) is 0 Å². The molecule has 7 heteroatoms. The first-order valence-corrected chi connectivity index (χ1v) is 7.98. The van der Waals surface area contributed by atoms with Gasteiger partial charge < -0.3 is 21.1 Å². The largest absolute Gasteiger partial charge is 0.380 e. The Bertz CT molecular complexity index is 654. The van der Waals surface area contributed by atoms with Crippen molar-refractivity contribution in [1.82, 2.24) is 0 Å². The van der Waals surface area contributed by atoms with Gasteiger partial charge in [-0.1, -0.05) is 12.1 Å². The lowest BCUT2D eigenvalue weighted by molar-refractivity contribution is -0.118. The zero-order valence-corrected chi connectivity index (χ0v) is 13.6. The van der Waals surface area contributed by atoms with Crippen molar-refractivity contribution in [2.75, 3.05) is 24.3 Å². The van der Waals surface area contributed by atoms with E-state index in [9.17, 15) is 9.59 Å². The quantitative estimate of drug-likeness (QED) is 0.725. The van der Waals surface area contributed by atoms with Crippen LogP contribution in [0.1, 0.15) is 16.1 Å². The molecule has 1 aromatic heterocycles. The Morgan fingerprint density at radius 3 is 2.57 bits per heavy atom. The number of nitrogens with two attached hydrogens (primary N) is 1. The molecular weight excluding hydrogens is 314 g/mol. The van der Waals surface area contributed by atoms with Crippen LogP contribution in [0.4, 0.5) is 11.4 Å². The van der Waals surface area contributed by atoms with E-state index in [0.29, 0.717) is 16.3 Å². The third-order valence-electron chi connectivity index (χ3n) is 3.16. The predicted octanol–water partition coefficient (Wildman–Crippen LogP) is 2.30. The first-order chi connectivity index (χ1) is 11.1. The summed E-state index contributed by atoms with van der Waals surface area (Å²) in [6.07, 6.45) is -0.129. The molecule has 0 aliphatic carbocycles. The minimum absolute atomic E-state index is 0.175. The molecule has 122 valence electrons. The van der Waals surface area contributed by atoms with Gasteiger partial charge in [0.05, 0.1) is 17.4 Å². The maximum atomic E-state index is 12.0. The molecule has 0 saturated carbocycles. The molecule has 1 unspecified atom stereocenters. The summed E-state index contributed by atoms with van der Waals surface area (Å²) in [7, 11) is 1.52. The number of methoxy groups -OCH3 is 1. The monoisotopic (exact) mass is 333 g/mol. The number of rotatable bonds is 7. The second-order valence-corrected chi connectivity index (χ2v) is 5.81. The van der Waals surface area contributed by atoms with E-state index < -0.39 is 0 Å². The van der Waals surface area contributed by atoms with E-state index in [2.05, 4.69) is 10.6 Å². The molecule has 4 N–H and O–H groups in total. The van der Waals surface area contributed by atoms with Gasteiger partial charge in [0.15, 0.2) is 0 Å². The van der Waals surface area contributed by atoms with E-state index in [0.717, 1.165) is 0 Å². The molecule has 0 saturated heterocycles. The van der Waals surface area contributed by atoms with Crippen LogP contribution in [-0.2, 0) is 9.53 Å². The fourth-order valence-corrected chi connectivity index (χ4v) is 2.58. The van der Waals surface area contributed by atoms with Gasteiger partial charge in [-0.15, -0.1) is 11.3 Å². The summed E-state index contributed by atoms with van der Waals surface area (Å²) in [4.78, 5) is 24.6. The van der Waals surface area contributed by atoms with E-state index in [1.807, 2.05) is 11.4 Å². The van der Waals surface area contributed by atoms with Crippen LogP contribution in [-0.4, -0.2) is 31.6 Å². The van der Waals surface area contributed by atoms with Crippen LogP contribution in [0.3, 0.4) is 0 Å². The summed E-state index contributed by atoms with van der Waals surface area (Å²) in [5, 5.41) is 7.41. The Morgan fingerprint density at radius 2 is 1.96 bits per heavy atom. The summed E-state index contributed by atoms with van der Waals surface area (Å²) in [6, 6.07) is 10.6. The number of hydrogen-bond donors (Lipinski definition) is 3. The normalized spacial score (nSPS) is 11.7. The highest BCUT2D eigenvalue weighted by Crippen LogP contribution is 2.18. The van der Waals surface area contributed by atoms with E-state index >= 15 is 0 Å². The SMILES string of the molecule is COC(CN)CC(=O)Nc1cccc(NC(=O)c2cccs2)c1. The van der Waals surface area contributed by atoms with E-state index in [1.54, 1.807) is 30.3 Å². The lowest BCUT2D eigenvalue weighted by Gasteiger charge is -2.13. The van der Waals surface area contributed by atoms with Gasteiger partial charge in [-0.25, -0.2) is 0 Å². The van der Waals surface area contributed by atoms with Gasteiger partial charge in [-0.2, -0.15) is 0 Å². The lowest BCUT2D eigenvalue weighted by Crippen LogP contribution is -2.28. The molecule has 2 amide bonds. The van der Waals surface area contributed by atoms with Crippen molar-refractivity contribution in [3.8, 4) is 0 Å². The van der Waals surface area contributed by atoms with Gasteiger partial charge in [0.2, 0.25) is 5.91 Å². The Labute approximate surface area is 138 Å². The summed E-state index contributed by atoms with van der Waals surface area (Å²) < 4.78 is 5.08.